The molecule has 0 saturated heterocycles. The summed E-state index contributed by atoms with van der Waals surface area (Å²) in [5, 5.41) is 10.5. The van der Waals surface area contributed by atoms with E-state index in [1.165, 1.54) is 0 Å². The van der Waals surface area contributed by atoms with Crippen LogP contribution in [0, 0.1) is 12.3 Å². The second kappa shape index (κ2) is 4.49. The molecule has 4 heteroatoms. The van der Waals surface area contributed by atoms with Crippen molar-refractivity contribution in [3.8, 4) is 12.3 Å². The van der Waals surface area contributed by atoms with E-state index >= 15 is 0 Å². The zero-order valence-electron chi connectivity index (χ0n) is 8.66. The summed E-state index contributed by atoms with van der Waals surface area (Å²) in [5.41, 5.74) is 1.82. The van der Waals surface area contributed by atoms with Crippen molar-refractivity contribution in [2.24, 2.45) is 0 Å². The molecule has 0 aliphatic carbocycles. The van der Waals surface area contributed by atoms with Gasteiger partial charge in [0.05, 0.1) is 24.7 Å². The first-order valence-electron chi connectivity index (χ1n) is 4.92. The van der Waals surface area contributed by atoms with E-state index in [1.807, 2.05) is 18.2 Å². The number of H-pyrrole nitrogens is 1. The number of aromatic nitrogens is 2. The van der Waals surface area contributed by atoms with Gasteiger partial charge in [-0.05, 0) is 5.56 Å². The predicted octanol–water partition coefficient (Wildman–Crippen LogP) is 0.855. The fourth-order valence-corrected chi connectivity index (χ4v) is 1.56. The molecule has 0 radical (unpaired) electrons. The van der Waals surface area contributed by atoms with Crippen molar-refractivity contribution in [3.05, 3.63) is 30.0 Å². The maximum atomic E-state index is 11.5. The third-order valence-corrected chi connectivity index (χ3v) is 2.30. The van der Waals surface area contributed by atoms with E-state index in [9.17, 15) is 4.79 Å². The van der Waals surface area contributed by atoms with Gasteiger partial charge in [-0.25, -0.2) is 0 Å². The molecule has 0 atom stereocenters. The van der Waals surface area contributed by atoms with E-state index in [0.29, 0.717) is 6.42 Å². The summed E-state index contributed by atoms with van der Waals surface area (Å²) >= 11 is 0. The van der Waals surface area contributed by atoms with Crippen LogP contribution in [0.1, 0.15) is 5.56 Å². The van der Waals surface area contributed by atoms with Crippen LogP contribution in [0.2, 0.25) is 0 Å². The molecule has 0 aliphatic heterocycles. The fraction of sp³-hybridized carbons (Fsp3) is 0.167. The molecule has 16 heavy (non-hydrogen) atoms. The minimum Gasteiger partial charge on any atom is -0.345 e. The first-order valence-corrected chi connectivity index (χ1v) is 4.92. The zero-order chi connectivity index (χ0) is 11.4. The van der Waals surface area contributed by atoms with Gasteiger partial charge in [0.2, 0.25) is 5.91 Å². The summed E-state index contributed by atoms with van der Waals surface area (Å²) in [5.74, 6) is 2.28. The van der Waals surface area contributed by atoms with Crippen LogP contribution in [0.5, 0.6) is 0 Å². The Morgan fingerprint density at radius 1 is 1.56 bits per heavy atom. The summed E-state index contributed by atoms with van der Waals surface area (Å²) in [6, 6.07) is 5.75. The number of para-hydroxylation sites is 1. The second-order valence-electron chi connectivity index (χ2n) is 3.41. The third kappa shape index (κ3) is 2.04. The molecule has 4 nitrogen and oxygen atoms in total. The minimum absolute atomic E-state index is 0.0833. The summed E-state index contributed by atoms with van der Waals surface area (Å²) < 4.78 is 0. The molecule has 1 aromatic heterocycles. The van der Waals surface area contributed by atoms with Crippen molar-refractivity contribution >= 4 is 16.8 Å². The first kappa shape index (κ1) is 10.2. The number of hydrogen-bond donors (Lipinski definition) is 2. The van der Waals surface area contributed by atoms with Crippen LogP contribution in [-0.4, -0.2) is 22.6 Å². The van der Waals surface area contributed by atoms with Crippen LogP contribution >= 0.6 is 0 Å². The Balaban J connectivity index is 2.18. The Bertz CT molecular complexity index is 551. The van der Waals surface area contributed by atoms with Gasteiger partial charge in [0.1, 0.15) is 0 Å². The van der Waals surface area contributed by atoms with Crippen LogP contribution in [0.4, 0.5) is 0 Å². The molecule has 0 bridgehead atoms. The average molecular weight is 213 g/mol. The van der Waals surface area contributed by atoms with E-state index in [-0.39, 0.29) is 12.5 Å². The standard InChI is InChI=1S/C12H11N3O/c1-2-6-13-11(16)7-9-4-3-5-10-8-14-15-12(9)10/h1,3-5,8H,6-7H2,(H,13,16)(H,14,15). The molecule has 0 spiro atoms. The number of hydrogen-bond acceptors (Lipinski definition) is 2. The van der Waals surface area contributed by atoms with Gasteiger partial charge >= 0.3 is 0 Å². The quantitative estimate of drug-likeness (QED) is 0.743. The molecule has 0 fully saturated rings. The van der Waals surface area contributed by atoms with E-state index in [2.05, 4.69) is 21.4 Å². The average Bonchev–Trinajstić information content (AvgIpc) is 2.75. The summed E-state index contributed by atoms with van der Waals surface area (Å²) in [6.45, 7) is 0.262. The smallest absolute Gasteiger partial charge is 0.225 e. The Hall–Kier alpha value is -2.28. The van der Waals surface area contributed by atoms with Gasteiger partial charge in [0.15, 0.2) is 0 Å². The maximum Gasteiger partial charge on any atom is 0.225 e. The highest BCUT2D eigenvalue weighted by molar-refractivity contribution is 5.87. The highest BCUT2D eigenvalue weighted by Gasteiger charge is 2.06. The number of aromatic amines is 1. The highest BCUT2D eigenvalue weighted by atomic mass is 16.1. The third-order valence-electron chi connectivity index (χ3n) is 2.30. The lowest BCUT2D eigenvalue weighted by atomic mass is 10.1. The lowest BCUT2D eigenvalue weighted by Gasteiger charge is -2.02. The number of amides is 1. The number of terminal acetylenes is 1. The molecule has 2 rings (SSSR count). The lowest BCUT2D eigenvalue weighted by molar-refractivity contribution is -0.120. The van der Waals surface area contributed by atoms with Crippen molar-refractivity contribution in [2.75, 3.05) is 6.54 Å². The molecule has 1 aromatic carbocycles. The number of carbonyl (C=O) groups is 1. The molecule has 0 aliphatic rings. The molecule has 0 saturated carbocycles. The number of carbonyl (C=O) groups excluding carboxylic acids is 1. The summed E-state index contributed by atoms with van der Waals surface area (Å²) in [6.07, 6.45) is 7.10. The Kier molecular flexibility index (Phi) is 2.88. The van der Waals surface area contributed by atoms with Crippen LogP contribution in [-0.2, 0) is 11.2 Å². The van der Waals surface area contributed by atoms with E-state index in [0.717, 1.165) is 16.5 Å². The van der Waals surface area contributed by atoms with Gasteiger partial charge in [0.25, 0.3) is 0 Å². The van der Waals surface area contributed by atoms with Crippen molar-refractivity contribution in [1.29, 1.82) is 0 Å². The Morgan fingerprint density at radius 3 is 3.25 bits per heavy atom. The summed E-state index contributed by atoms with van der Waals surface area (Å²) in [4.78, 5) is 11.5. The van der Waals surface area contributed by atoms with Gasteiger partial charge in [-0.3, -0.25) is 9.89 Å². The van der Waals surface area contributed by atoms with Crippen LogP contribution in [0.15, 0.2) is 24.4 Å². The number of benzene rings is 1. The van der Waals surface area contributed by atoms with E-state index in [1.54, 1.807) is 6.20 Å². The Labute approximate surface area is 93.0 Å². The van der Waals surface area contributed by atoms with Crippen LogP contribution in [0.3, 0.4) is 0 Å². The van der Waals surface area contributed by atoms with Crippen LogP contribution in [0.25, 0.3) is 10.9 Å². The zero-order valence-corrected chi connectivity index (χ0v) is 8.66. The fourth-order valence-electron chi connectivity index (χ4n) is 1.56. The predicted molar refractivity (Wildman–Crippen MR) is 61.6 cm³/mol. The molecule has 1 amide bonds. The van der Waals surface area contributed by atoms with E-state index in [4.69, 9.17) is 6.42 Å². The highest BCUT2D eigenvalue weighted by Crippen LogP contribution is 2.15. The SMILES string of the molecule is C#CCNC(=O)Cc1cccc2cn[nH]c12. The maximum absolute atomic E-state index is 11.5. The molecule has 80 valence electrons. The Morgan fingerprint density at radius 2 is 2.44 bits per heavy atom. The lowest BCUT2D eigenvalue weighted by Crippen LogP contribution is -2.25. The van der Waals surface area contributed by atoms with Gasteiger partial charge in [-0.2, -0.15) is 5.10 Å². The number of rotatable bonds is 3. The monoisotopic (exact) mass is 213 g/mol. The molecular weight excluding hydrogens is 202 g/mol. The number of fused-ring (bicyclic) bond motifs is 1. The second-order valence-corrected chi connectivity index (χ2v) is 3.41. The van der Waals surface area contributed by atoms with Crippen molar-refractivity contribution in [2.45, 2.75) is 6.42 Å². The van der Waals surface area contributed by atoms with Crippen molar-refractivity contribution in [3.63, 3.8) is 0 Å². The van der Waals surface area contributed by atoms with Gasteiger partial charge < -0.3 is 5.32 Å². The minimum atomic E-state index is -0.0833. The number of nitrogens with one attached hydrogen (secondary N) is 2. The molecule has 2 N–H and O–H groups in total. The molecule has 2 aromatic rings. The van der Waals surface area contributed by atoms with Crippen molar-refractivity contribution < 1.29 is 4.79 Å². The first-order chi connectivity index (χ1) is 7.81. The normalized spacial score (nSPS) is 9.94. The van der Waals surface area contributed by atoms with Gasteiger partial charge in [0, 0.05) is 5.39 Å². The topological polar surface area (TPSA) is 57.8 Å². The van der Waals surface area contributed by atoms with Crippen molar-refractivity contribution in [1.82, 2.24) is 15.5 Å². The molecule has 1 heterocycles. The van der Waals surface area contributed by atoms with Crippen LogP contribution < -0.4 is 5.32 Å². The van der Waals surface area contributed by atoms with Gasteiger partial charge in [-0.1, -0.05) is 24.1 Å². The largest absolute Gasteiger partial charge is 0.345 e. The summed E-state index contributed by atoms with van der Waals surface area (Å²) in [7, 11) is 0. The van der Waals surface area contributed by atoms with Gasteiger partial charge in [-0.15, -0.1) is 6.42 Å². The number of nitrogens with zero attached hydrogens (tertiary/aromatic N) is 1. The van der Waals surface area contributed by atoms with E-state index < -0.39 is 0 Å². The molecule has 0 unspecified atom stereocenters. The molecular formula is C12H11N3O.